The molecular formula is C39H50F3N3O8. The Balaban J connectivity index is 1.22. The van der Waals surface area contributed by atoms with Gasteiger partial charge in [0.1, 0.15) is 30.4 Å². The monoisotopic (exact) mass is 745 g/mol. The summed E-state index contributed by atoms with van der Waals surface area (Å²) in [6.45, 7) is 9.59. The minimum atomic E-state index is -2.34. The number of aliphatic hydroxyl groups is 1. The number of hydrogen-bond donors (Lipinski definition) is 4. The van der Waals surface area contributed by atoms with Crippen LogP contribution in [0.2, 0.25) is 0 Å². The molecule has 1 aliphatic heterocycles. The Hall–Kier alpha value is -3.59. The molecule has 1 aromatic rings. The second-order valence-corrected chi connectivity index (χ2v) is 16.1. The SMILES string of the molecule is CCCC1O[C@@H]2C[C@H]3[C@@H]4C[C@H](F)C5=CC(=O)C=C[C@]5(C)[C@@]4(F)[C@@H](O)C[C@]3(C)[C@]2(C(=O)COc2ccc(NC(=O)[C@H](C)NC(=O)C(N)C(C)C)c(F)c2)O1. The fourth-order valence-corrected chi connectivity index (χ4v) is 9.75. The number of aliphatic hydroxyl groups excluding tert-OH is 1. The third kappa shape index (κ3) is 6.04. The van der Waals surface area contributed by atoms with E-state index < -0.39 is 106 Å². The topological polar surface area (TPSA) is 166 Å². The van der Waals surface area contributed by atoms with Gasteiger partial charge in [-0.1, -0.05) is 40.2 Å². The molecule has 12 atom stereocenters. The summed E-state index contributed by atoms with van der Waals surface area (Å²) in [7, 11) is 0. The highest BCUT2D eigenvalue weighted by Gasteiger charge is 2.80. The molecular weight excluding hydrogens is 695 g/mol. The average molecular weight is 746 g/mol. The number of nitrogens with two attached hydrogens (primary N) is 1. The van der Waals surface area contributed by atoms with Crippen molar-refractivity contribution in [1.29, 1.82) is 0 Å². The molecule has 0 aromatic heterocycles. The molecule has 0 spiro atoms. The van der Waals surface area contributed by atoms with Crippen LogP contribution in [0.15, 0.2) is 42.0 Å². The molecule has 3 saturated carbocycles. The summed E-state index contributed by atoms with van der Waals surface area (Å²) < 4.78 is 67.5. The molecule has 2 amide bonds. The van der Waals surface area contributed by atoms with E-state index in [1.165, 1.54) is 38.1 Å². The summed E-state index contributed by atoms with van der Waals surface area (Å²) in [5.41, 5.74) is -1.17. The van der Waals surface area contributed by atoms with Crippen molar-refractivity contribution in [2.24, 2.45) is 34.3 Å². The number of allylic oxidation sites excluding steroid dienone is 4. The molecule has 290 valence electrons. The van der Waals surface area contributed by atoms with E-state index in [0.717, 1.165) is 12.1 Å². The number of fused-ring (bicyclic) bond motifs is 7. The van der Waals surface area contributed by atoms with Crippen molar-refractivity contribution in [2.45, 2.75) is 122 Å². The molecule has 1 saturated heterocycles. The normalized spacial score (nSPS) is 38.2. The number of nitrogens with one attached hydrogen (secondary N) is 2. The first-order chi connectivity index (χ1) is 24.8. The summed E-state index contributed by atoms with van der Waals surface area (Å²) in [5.74, 6) is -4.92. The Labute approximate surface area is 307 Å². The summed E-state index contributed by atoms with van der Waals surface area (Å²) in [5, 5.41) is 16.7. The van der Waals surface area contributed by atoms with E-state index in [-0.39, 0.29) is 42.2 Å². The first-order valence-corrected chi connectivity index (χ1v) is 18.5. The summed E-state index contributed by atoms with van der Waals surface area (Å²) >= 11 is 0. The van der Waals surface area contributed by atoms with Gasteiger partial charge in [0.05, 0.1) is 23.9 Å². The lowest BCUT2D eigenvalue weighted by Gasteiger charge is -2.63. The third-order valence-corrected chi connectivity index (χ3v) is 12.7. The van der Waals surface area contributed by atoms with E-state index in [9.17, 15) is 24.3 Å². The number of Topliss-reactive ketones (excluding diaryl/α,β-unsaturated/α-hetero) is 1. The number of rotatable bonds is 11. The maximum atomic E-state index is 17.7. The minimum absolute atomic E-state index is 0.00441. The average Bonchev–Trinajstić information content (AvgIpc) is 3.58. The second kappa shape index (κ2) is 13.9. The van der Waals surface area contributed by atoms with Gasteiger partial charge in [0.15, 0.2) is 23.3 Å². The maximum Gasteiger partial charge on any atom is 0.246 e. The van der Waals surface area contributed by atoms with E-state index >= 15 is 13.2 Å². The standard InChI is InChI=1S/C39H50F3N3O8/c1-7-8-32-52-31-16-23-24-15-26(40)25-13-21(46)11-12-36(25,5)38(24,42)29(47)17-37(23,6)39(31,53-32)30(48)18-51-22-9-10-28(27(41)14-22)45-34(49)20(4)44-35(50)33(43)19(2)3/h9-14,19-20,23-24,26,29,31-33,47H,7-8,15-18,43H2,1-6H3,(H,44,50)(H,45,49)/t20-,23-,24-,26-,29-,31+,32?,33?,36-,37-,38-,39+/m0/s1. The van der Waals surface area contributed by atoms with Gasteiger partial charge < -0.3 is 35.7 Å². The number of carbonyl (C=O) groups is 4. The largest absolute Gasteiger partial charge is 0.486 e. The number of carbonyl (C=O) groups excluding carboxylic acids is 4. The Kier molecular flexibility index (Phi) is 10.3. The number of alkyl halides is 2. The zero-order valence-electron chi connectivity index (χ0n) is 30.9. The predicted octanol–water partition coefficient (Wildman–Crippen LogP) is 4.41. The van der Waals surface area contributed by atoms with Crippen LogP contribution in [-0.2, 0) is 28.7 Å². The van der Waals surface area contributed by atoms with Crippen molar-refractivity contribution in [1.82, 2.24) is 5.32 Å². The van der Waals surface area contributed by atoms with Crippen LogP contribution in [0.3, 0.4) is 0 Å². The molecule has 2 unspecified atom stereocenters. The molecule has 11 nitrogen and oxygen atoms in total. The third-order valence-electron chi connectivity index (χ3n) is 12.7. The Morgan fingerprint density at radius 1 is 1.13 bits per heavy atom. The lowest BCUT2D eigenvalue weighted by Crippen LogP contribution is -2.71. The van der Waals surface area contributed by atoms with Crippen LogP contribution in [-0.4, -0.2) is 83.1 Å². The van der Waals surface area contributed by atoms with Gasteiger partial charge in [-0.3, -0.25) is 19.2 Å². The van der Waals surface area contributed by atoms with Gasteiger partial charge in [0, 0.05) is 22.8 Å². The molecule has 1 aromatic carbocycles. The van der Waals surface area contributed by atoms with Crippen LogP contribution in [0.4, 0.5) is 18.9 Å². The van der Waals surface area contributed by atoms with E-state index in [1.807, 2.05) is 6.92 Å². The number of ketones is 2. The van der Waals surface area contributed by atoms with Gasteiger partial charge in [0.2, 0.25) is 17.6 Å². The van der Waals surface area contributed by atoms with E-state index in [1.54, 1.807) is 20.8 Å². The smallest absolute Gasteiger partial charge is 0.246 e. The first kappa shape index (κ1) is 39.1. The minimum Gasteiger partial charge on any atom is -0.486 e. The summed E-state index contributed by atoms with van der Waals surface area (Å²) in [4.78, 5) is 51.7. The van der Waals surface area contributed by atoms with Gasteiger partial charge in [-0.2, -0.15) is 0 Å². The highest BCUT2D eigenvalue weighted by atomic mass is 19.1. The number of ether oxygens (including phenoxy) is 3. The Morgan fingerprint density at radius 2 is 1.85 bits per heavy atom. The molecule has 1 heterocycles. The lowest BCUT2D eigenvalue weighted by atomic mass is 9.44. The predicted molar refractivity (Wildman–Crippen MR) is 187 cm³/mol. The van der Waals surface area contributed by atoms with Gasteiger partial charge in [0.25, 0.3) is 0 Å². The van der Waals surface area contributed by atoms with Crippen molar-refractivity contribution >= 4 is 29.1 Å². The molecule has 0 bridgehead atoms. The Bertz CT molecular complexity index is 1740. The molecule has 0 radical (unpaired) electrons. The van der Waals surface area contributed by atoms with Gasteiger partial charge in [-0.15, -0.1) is 0 Å². The van der Waals surface area contributed by atoms with Crippen molar-refractivity contribution in [3.8, 4) is 5.75 Å². The number of hydrogen-bond acceptors (Lipinski definition) is 9. The van der Waals surface area contributed by atoms with Crippen LogP contribution in [0.1, 0.15) is 73.6 Å². The quantitative estimate of drug-likeness (QED) is 0.257. The lowest BCUT2D eigenvalue weighted by molar-refractivity contribution is -0.234. The van der Waals surface area contributed by atoms with Crippen LogP contribution in [0, 0.1) is 34.4 Å². The molecule has 14 heteroatoms. The highest BCUT2D eigenvalue weighted by Crippen LogP contribution is 2.72. The molecule has 4 fully saturated rings. The molecule has 5 aliphatic rings. The van der Waals surface area contributed by atoms with Crippen LogP contribution in [0.5, 0.6) is 5.75 Å². The summed E-state index contributed by atoms with van der Waals surface area (Å²) in [6.07, 6.45) is -0.376. The molecule has 4 aliphatic carbocycles. The van der Waals surface area contributed by atoms with Gasteiger partial charge in [-0.25, -0.2) is 13.2 Å². The zero-order valence-corrected chi connectivity index (χ0v) is 30.9. The van der Waals surface area contributed by atoms with E-state index in [0.29, 0.717) is 12.8 Å². The van der Waals surface area contributed by atoms with Crippen LogP contribution in [0.25, 0.3) is 0 Å². The van der Waals surface area contributed by atoms with Gasteiger partial charge >= 0.3 is 0 Å². The van der Waals surface area contributed by atoms with Gasteiger partial charge in [-0.05, 0) is 81.2 Å². The molecule has 5 N–H and O–H groups in total. The van der Waals surface area contributed by atoms with E-state index in [2.05, 4.69) is 10.6 Å². The first-order valence-electron chi connectivity index (χ1n) is 18.5. The van der Waals surface area contributed by atoms with Crippen molar-refractivity contribution in [3.63, 3.8) is 0 Å². The van der Waals surface area contributed by atoms with E-state index in [4.69, 9.17) is 19.9 Å². The van der Waals surface area contributed by atoms with Crippen molar-refractivity contribution in [3.05, 3.63) is 47.8 Å². The van der Waals surface area contributed by atoms with Crippen molar-refractivity contribution in [2.75, 3.05) is 11.9 Å². The zero-order chi connectivity index (χ0) is 38.8. The number of halogens is 3. The maximum absolute atomic E-state index is 17.7. The fraction of sp³-hybridized carbons (Fsp3) is 0.641. The molecule has 53 heavy (non-hydrogen) atoms. The number of anilines is 1. The Morgan fingerprint density at radius 3 is 2.51 bits per heavy atom. The van der Waals surface area contributed by atoms with Crippen LogP contribution >= 0.6 is 0 Å². The van der Waals surface area contributed by atoms with Crippen molar-refractivity contribution < 1.29 is 51.7 Å². The number of benzene rings is 1. The number of amides is 2. The molecule has 6 rings (SSSR count). The summed E-state index contributed by atoms with van der Waals surface area (Å²) in [6, 6.07) is 1.79. The second-order valence-electron chi connectivity index (χ2n) is 16.1. The van der Waals surface area contributed by atoms with Crippen LogP contribution < -0.4 is 21.1 Å². The fourth-order valence-electron chi connectivity index (χ4n) is 9.75. The highest BCUT2D eigenvalue weighted by molar-refractivity contribution is 6.01.